The maximum absolute atomic E-state index is 14.2. The van der Waals surface area contributed by atoms with Crippen molar-refractivity contribution in [3.8, 4) is 5.75 Å². The predicted molar refractivity (Wildman–Crippen MR) is 197 cm³/mol. The summed E-state index contributed by atoms with van der Waals surface area (Å²) in [6.07, 6.45) is 0.716. The molecule has 2 heterocycles. The second-order valence-corrected chi connectivity index (χ2v) is 16.1. The van der Waals surface area contributed by atoms with Crippen molar-refractivity contribution in [1.29, 1.82) is 0 Å². The number of aliphatic hydroxyl groups excluding tert-OH is 1. The van der Waals surface area contributed by atoms with Gasteiger partial charge in [0.15, 0.2) is 0 Å². The fourth-order valence-electron chi connectivity index (χ4n) is 6.60. The highest BCUT2D eigenvalue weighted by Crippen LogP contribution is 2.26. The number of aryl methyl sites for hydroxylation is 1. The molecular formula is C39H49N5O6S. The molecule has 4 aromatic rings. The second kappa shape index (κ2) is 16.2. The average Bonchev–Trinajstić information content (AvgIpc) is 3.43. The highest BCUT2D eigenvalue weighted by molar-refractivity contribution is 7.89. The van der Waals surface area contributed by atoms with Crippen LogP contribution in [0.15, 0.2) is 90.0 Å². The van der Waals surface area contributed by atoms with E-state index >= 15 is 0 Å². The lowest BCUT2D eigenvalue weighted by Gasteiger charge is -2.34. The van der Waals surface area contributed by atoms with Crippen LogP contribution in [0.25, 0.3) is 10.9 Å². The number of aliphatic hydroxyl groups is 1. The van der Waals surface area contributed by atoms with E-state index in [1.165, 1.54) is 22.5 Å². The van der Waals surface area contributed by atoms with Gasteiger partial charge in [-0.25, -0.2) is 13.2 Å². The number of aromatic nitrogens is 1. The quantitative estimate of drug-likeness (QED) is 0.158. The van der Waals surface area contributed by atoms with Crippen molar-refractivity contribution in [2.45, 2.75) is 70.7 Å². The molecule has 0 radical (unpaired) electrons. The largest absolute Gasteiger partial charge is 0.508 e. The molecule has 3 atom stereocenters. The number of urea groups is 1. The molecule has 1 fully saturated rings. The van der Waals surface area contributed by atoms with Crippen LogP contribution in [0.1, 0.15) is 44.4 Å². The van der Waals surface area contributed by atoms with E-state index in [0.29, 0.717) is 25.2 Å². The first-order chi connectivity index (χ1) is 24.2. The normalized spacial score (nSPS) is 15.6. The van der Waals surface area contributed by atoms with Gasteiger partial charge in [0.05, 0.1) is 22.6 Å². The maximum Gasteiger partial charge on any atom is 0.321 e. The summed E-state index contributed by atoms with van der Waals surface area (Å²) >= 11 is 0. The third-order valence-corrected chi connectivity index (χ3v) is 11.1. The molecule has 1 aliphatic heterocycles. The Morgan fingerprint density at radius 2 is 1.65 bits per heavy atom. The molecule has 0 unspecified atom stereocenters. The van der Waals surface area contributed by atoms with Crippen molar-refractivity contribution in [3.63, 3.8) is 0 Å². The van der Waals surface area contributed by atoms with E-state index in [-0.39, 0.29) is 48.0 Å². The number of fused-ring (bicyclic) bond motifs is 1. The summed E-state index contributed by atoms with van der Waals surface area (Å²) < 4.78 is 29.0. The number of benzene rings is 3. The van der Waals surface area contributed by atoms with Gasteiger partial charge in [0.2, 0.25) is 15.9 Å². The number of carbonyl (C=O) groups excluding carboxylic acids is 2. The van der Waals surface area contributed by atoms with Gasteiger partial charge >= 0.3 is 6.03 Å². The monoisotopic (exact) mass is 715 g/mol. The topological polar surface area (TPSA) is 143 Å². The standard InChI is InChI=1S/C39H49N5O6S/c1-26(2)23-43(51(49,50)32-15-16-35(45)28(5)19-32)25-36(46)34(21-29-11-7-6-8-12-29)41-38(47)37(27(3)4)44-18-17-42(39(44)48)24-30-20-31-13-9-10-14-33(31)40-22-30/h6-16,19-20,22,26-27,34,36-37,45-46H,17-18,21,23-25H2,1-5H3,(H,41,47)/t34-,36+,37-/m0/s1. The number of aromatic hydroxyl groups is 1. The van der Waals surface area contributed by atoms with Crippen LogP contribution in [-0.4, -0.2) is 94.0 Å². The Kier molecular flexibility index (Phi) is 12.0. The number of nitrogens with one attached hydrogen (secondary N) is 1. The highest BCUT2D eigenvalue weighted by atomic mass is 32.2. The minimum Gasteiger partial charge on any atom is -0.508 e. The summed E-state index contributed by atoms with van der Waals surface area (Å²) in [5.41, 5.74) is 3.03. The lowest BCUT2D eigenvalue weighted by atomic mass is 9.97. The minimum absolute atomic E-state index is 0.00531. The molecule has 0 bridgehead atoms. The molecular weight excluding hydrogens is 667 g/mol. The van der Waals surface area contributed by atoms with Crippen LogP contribution in [0.3, 0.4) is 0 Å². The Morgan fingerprint density at radius 1 is 0.941 bits per heavy atom. The number of hydrogen-bond acceptors (Lipinski definition) is 7. The van der Waals surface area contributed by atoms with E-state index in [1.807, 2.05) is 88.4 Å². The zero-order valence-electron chi connectivity index (χ0n) is 29.9. The first-order valence-electron chi connectivity index (χ1n) is 17.5. The average molecular weight is 716 g/mol. The molecule has 12 heteroatoms. The van der Waals surface area contributed by atoms with Crippen LogP contribution in [-0.2, 0) is 27.8 Å². The van der Waals surface area contributed by atoms with Crippen LogP contribution >= 0.6 is 0 Å². The molecule has 11 nitrogen and oxygen atoms in total. The van der Waals surface area contributed by atoms with Crippen molar-refractivity contribution < 1.29 is 28.2 Å². The molecule has 1 saturated heterocycles. The number of phenols is 1. The van der Waals surface area contributed by atoms with Crippen molar-refractivity contribution in [2.24, 2.45) is 11.8 Å². The SMILES string of the molecule is Cc1cc(S(=O)(=O)N(CC(C)C)C[C@@H](O)[C@H](Cc2ccccc2)NC(=O)[C@H](C(C)C)N2CCN(Cc3cnc4ccccc4c3)C2=O)ccc1O. The molecule has 0 aliphatic carbocycles. The smallest absolute Gasteiger partial charge is 0.321 e. The lowest BCUT2D eigenvalue weighted by Crippen LogP contribution is -2.57. The van der Waals surface area contributed by atoms with E-state index in [0.717, 1.165) is 22.0 Å². The van der Waals surface area contributed by atoms with Gasteiger partial charge < -0.3 is 25.3 Å². The number of phenolic OH excluding ortho intramolecular Hbond substituents is 1. The van der Waals surface area contributed by atoms with E-state index in [4.69, 9.17) is 0 Å². The summed E-state index contributed by atoms with van der Waals surface area (Å²) in [4.78, 5) is 35.8. The molecule has 272 valence electrons. The van der Waals surface area contributed by atoms with Crippen LogP contribution in [0.5, 0.6) is 5.75 Å². The van der Waals surface area contributed by atoms with Gasteiger partial charge in [-0.15, -0.1) is 0 Å². The van der Waals surface area contributed by atoms with Crippen LogP contribution in [0.2, 0.25) is 0 Å². The molecule has 3 N–H and O–H groups in total. The summed E-state index contributed by atoms with van der Waals surface area (Å²) in [5, 5.41) is 25.8. The molecule has 1 aliphatic rings. The number of nitrogens with zero attached hydrogens (tertiary/aromatic N) is 4. The number of pyridine rings is 1. The fourth-order valence-corrected chi connectivity index (χ4v) is 8.31. The van der Waals surface area contributed by atoms with Gasteiger partial charge in [0, 0.05) is 44.3 Å². The van der Waals surface area contributed by atoms with Crippen LogP contribution in [0, 0.1) is 18.8 Å². The van der Waals surface area contributed by atoms with E-state index < -0.39 is 34.1 Å². The number of sulfonamides is 1. The predicted octanol–water partition coefficient (Wildman–Crippen LogP) is 4.95. The minimum atomic E-state index is -4.07. The van der Waals surface area contributed by atoms with E-state index in [1.54, 1.807) is 22.9 Å². The van der Waals surface area contributed by atoms with Crippen molar-refractivity contribution in [3.05, 3.63) is 102 Å². The van der Waals surface area contributed by atoms with Crippen LogP contribution < -0.4 is 5.32 Å². The zero-order valence-corrected chi connectivity index (χ0v) is 30.8. The van der Waals surface area contributed by atoms with Gasteiger partial charge in [-0.2, -0.15) is 4.31 Å². The first kappa shape index (κ1) is 37.7. The third kappa shape index (κ3) is 9.05. The van der Waals surface area contributed by atoms with Crippen molar-refractivity contribution in [1.82, 2.24) is 24.4 Å². The van der Waals surface area contributed by atoms with Gasteiger partial charge in [-0.1, -0.05) is 76.2 Å². The number of hydrogen-bond donors (Lipinski definition) is 3. The summed E-state index contributed by atoms with van der Waals surface area (Å²) in [5.74, 6) is -0.742. The van der Waals surface area contributed by atoms with E-state index in [2.05, 4.69) is 10.3 Å². The molecule has 1 aromatic heterocycles. The Balaban J connectivity index is 1.36. The van der Waals surface area contributed by atoms with Crippen molar-refractivity contribution >= 4 is 32.9 Å². The van der Waals surface area contributed by atoms with E-state index in [9.17, 15) is 28.2 Å². The molecule has 51 heavy (non-hydrogen) atoms. The Hall–Kier alpha value is -4.52. The second-order valence-electron chi connectivity index (χ2n) is 14.2. The molecule has 0 spiro atoms. The summed E-state index contributed by atoms with van der Waals surface area (Å²) in [6.45, 7) is 10.2. The number of amides is 3. The number of rotatable bonds is 15. The molecule has 5 rings (SSSR count). The summed E-state index contributed by atoms with van der Waals surface area (Å²) in [6, 6.07) is 21.3. The highest BCUT2D eigenvalue weighted by Gasteiger charge is 2.40. The van der Waals surface area contributed by atoms with Crippen LogP contribution in [0.4, 0.5) is 4.79 Å². The Bertz CT molecular complexity index is 1940. The number of carbonyl (C=O) groups is 2. The molecule has 3 amide bonds. The van der Waals surface area contributed by atoms with Gasteiger partial charge in [0.1, 0.15) is 11.8 Å². The first-order valence-corrected chi connectivity index (χ1v) is 18.9. The van der Waals surface area contributed by atoms with Gasteiger partial charge in [-0.05, 0) is 72.2 Å². The molecule has 0 saturated carbocycles. The fraction of sp³-hybridized carbons (Fsp3) is 0.410. The third-order valence-electron chi connectivity index (χ3n) is 9.24. The number of para-hydroxylation sites is 1. The molecule has 3 aromatic carbocycles. The van der Waals surface area contributed by atoms with Gasteiger partial charge in [0.25, 0.3) is 0 Å². The maximum atomic E-state index is 14.2. The Morgan fingerprint density at radius 3 is 2.33 bits per heavy atom. The Labute approximate surface area is 301 Å². The van der Waals surface area contributed by atoms with Crippen molar-refractivity contribution in [2.75, 3.05) is 26.2 Å². The zero-order chi connectivity index (χ0) is 36.9. The summed E-state index contributed by atoms with van der Waals surface area (Å²) in [7, 11) is -4.07. The van der Waals surface area contributed by atoms with Gasteiger partial charge in [-0.3, -0.25) is 9.78 Å². The lowest BCUT2D eigenvalue weighted by molar-refractivity contribution is -0.128.